The molecule has 0 spiro atoms. The van der Waals surface area contributed by atoms with Crippen LogP contribution in [-0.4, -0.2) is 15.2 Å². The van der Waals surface area contributed by atoms with Crippen molar-refractivity contribution in [3.05, 3.63) is 50.4 Å². The molecule has 1 unspecified atom stereocenters. The van der Waals surface area contributed by atoms with Crippen LogP contribution in [0.25, 0.3) is 0 Å². The molecule has 1 aliphatic rings. The van der Waals surface area contributed by atoms with Gasteiger partial charge in [-0.25, -0.2) is 13.0 Å². The molecule has 4 nitrogen and oxygen atoms in total. The van der Waals surface area contributed by atoms with E-state index in [9.17, 15) is 22.9 Å². The minimum absolute atomic E-state index is 0.0274. The second kappa shape index (κ2) is 8.65. The SMILES string of the molecule is CC(C)c1c(F)c(Cl)cc(C2CC2)c1CC(=O)N=[SH](=O)c1sc(C(C)(C)O)cc1F. The van der Waals surface area contributed by atoms with Gasteiger partial charge in [-0.05, 0) is 67.3 Å². The van der Waals surface area contributed by atoms with Crippen molar-refractivity contribution >= 4 is 39.4 Å². The Bertz CT molecular complexity index is 1080. The zero-order valence-electron chi connectivity index (χ0n) is 17.1. The summed E-state index contributed by atoms with van der Waals surface area (Å²) >= 11 is 6.89. The number of halogens is 3. The Balaban J connectivity index is 1.96. The second-order valence-electron chi connectivity index (χ2n) is 8.35. The van der Waals surface area contributed by atoms with Gasteiger partial charge in [-0.1, -0.05) is 25.4 Å². The summed E-state index contributed by atoms with van der Waals surface area (Å²) < 4.78 is 44.9. The van der Waals surface area contributed by atoms with Crippen molar-refractivity contribution in [3.63, 3.8) is 0 Å². The largest absolute Gasteiger partial charge is 0.385 e. The molecular weight excluding hydrogens is 452 g/mol. The molecule has 1 aliphatic carbocycles. The summed E-state index contributed by atoms with van der Waals surface area (Å²) in [4.78, 5) is 12.9. The molecule has 1 atom stereocenters. The first-order valence-corrected chi connectivity index (χ1v) is 12.0. The van der Waals surface area contributed by atoms with Crippen LogP contribution < -0.4 is 0 Å². The summed E-state index contributed by atoms with van der Waals surface area (Å²) in [7, 11) is -2.67. The Hall–Kier alpha value is -1.35. The number of nitrogens with zero attached hydrogens (tertiary/aromatic N) is 1. The lowest BCUT2D eigenvalue weighted by Crippen LogP contribution is -2.12. The average molecular weight is 476 g/mol. The third-order valence-electron chi connectivity index (χ3n) is 4.97. The molecule has 0 radical (unpaired) electrons. The maximum absolute atomic E-state index is 14.7. The van der Waals surface area contributed by atoms with E-state index in [1.165, 1.54) is 13.8 Å². The molecule has 1 saturated carbocycles. The number of thiophene rings is 1. The number of hydrogen-bond donors (Lipinski definition) is 2. The fraction of sp³-hybridized carbons (Fsp3) is 0.476. The molecule has 1 aromatic heterocycles. The number of aliphatic hydroxyl groups is 1. The average Bonchev–Trinajstić information content (AvgIpc) is 3.37. The number of hydrogen-bond acceptors (Lipinski definition) is 4. The maximum Gasteiger partial charge on any atom is 0.258 e. The van der Waals surface area contributed by atoms with E-state index in [1.54, 1.807) is 6.07 Å². The van der Waals surface area contributed by atoms with E-state index in [1.807, 2.05) is 13.8 Å². The van der Waals surface area contributed by atoms with E-state index in [0.29, 0.717) is 16.0 Å². The molecule has 0 saturated heterocycles. The Labute approximate surface area is 185 Å². The molecule has 1 N–H and O–H groups in total. The van der Waals surface area contributed by atoms with Crippen molar-refractivity contribution in [1.29, 1.82) is 0 Å². The topological polar surface area (TPSA) is 66.7 Å². The lowest BCUT2D eigenvalue weighted by molar-refractivity contribution is -0.117. The van der Waals surface area contributed by atoms with Crippen molar-refractivity contribution < 1.29 is 22.9 Å². The summed E-state index contributed by atoms with van der Waals surface area (Å²) in [6, 6.07) is 2.67. The minimum Gasteiger partial charge on any atom is -0.385 e. The fourth-order valence-electron chi connectivity index (χ4n) is 3.39. The first-order chi connectivity index (χ1) is 13.9. The highest BCUT2D eigenvalue weighted by molar-refractivity contribution is 7.78. The van der Waals surface area contributed by atoms with Gasteiger partial charge in [-0.2, -0.15) is 4.36 Å². The van der Waals surface area contributed by atoms with Crippen LogP contribution in [-0.2, 0) is 27.4 Å². The van der Waals surface area contributed by atoms with Crippen LogP contribution in [0.4, 0.5) is 8.78 Å². The van der Waals surface area contributed by atoms with Gasteiger partial charge in [0.2, 0.25) is 0 Å². The summed E-state index contributed by atoms with van der Waals surface area (Å²) in [5.41, 5.74) is 0.441. The number of carbonyl (C=O) groups excluding carboxylic acids is 1. The van der Waals surface area contributed by atoms with Crippen molar-refractivity contribution in [2.45, 2.75) is 68.6 Å². The van der Waals surface area contributed by atoms with Gasteiger partial charge in [-0.15, -0.1) is 11.3 Å². The van der Waals surface area contributed by atoms with E-state index in [-0.39, 0.29) is 27.5 Å². The van der Waals surface area contributed by atoms with Gasteiger partial charge in [0, 0.05) is 4.88 Å². The van der Waals surface area contributed by atoms with E-state index in [0.717, 1.165) is 35.8 Å². The Morgan fingerprint density at radius 2 is 2.00 bits per heavy atom. The van der Waals surface area contributed by atoms with Crippen LogP contribution in [0.3, 0.4) is 0 Å². The van der Waals surface area contributed by atoms with E-state index in [2.05, 4.69) is 4.36 Å². The van der Waals surface area contributed by atoms with Gasteiger partial charge in [-0.3, -0.25) is 4.79 Å². The summed E-state index contributed by atoms with van der Waals surface area (Å²) in [6.45, 7) is 6.60. The number of benzene rings is 1. The number of thiol groups is 1. The maximum atomic E-state index is 14.7. The van der Waals surface area contributed by atoms with Gasteiger partial charge >= 0.3 is 0 Å². The molecule has 3 rings (SSSR count). The highest BCUT2D eigenvalue weighted by Crippen LogP contribution is 2.45. The Morgan fingerprint density at radius 1 is 1.37 bits per heavy atom. The third-order valence-corrected chi connectivity index (χ3v) is 8.18. The van der Waals surface area contributed by atoms with Crippen LogP contribution >= 0.6 is 22.9 Å². The predicted octanol–water partition coefficient (Wildman–Crippen LogP) is 5.70. The van der Waals surface area contributed by atoms with Crippen LogP contribution in [0.5, 0.6) is 0 Å². The quantitative estimate of drug-likeness (QED) is 0.526. The van der Waals surface area contributed by atoms with Gasteiger partial charge in [0.25, 0.3) is 5.91 Å². The fourth-order valence-corrected chi connectivity index (χ4v) is 5.72. The highest BCUT2D eigenvalue weighted by Gasteiger charge is 2.31. The molecule has 9 heteroatoms. The van der Waals surface area contributed by atoms with E-state index in [4.69, 9.17) is 11.6 Å². The van der Waals surface area contributed by atoms with Crippen LogP contribution in [0.2, 0.25) is 5.02 Å². The molecule has 0 aliphatic heterocycles. The summed E-state index contributed by atoms with van der Waals surface area (Å²) in [5, 5.41) is 10.0. The van der Waals surface area contributed by atoms with E-state index >= 15 is 0 Å². The first kappa shape index (κ1) is 23.3. The Kier molecular flexibility index (Phi) is 6.72. The van der Waals surface area contributed by atoms with Crippen molar-refractivity contribution in [3.8, 4) is 0 Å². The zero-order valence-corrected chi connectivity index (χ0v) is 19.6. The monoisotopic (exact) mass is 475 g/mol. The molecule has 30 heavy (non-hydrogen) atoms. The van der Waals surface area contributed by atoms with Crippen molar-refractivity contribution in [1.82, 2.24) is 0 Å². The smallest absolute Gasteiger partial charge is 0.258 e. The van der Waals surface area contributed by atoms with Gasteiger partial charge < -0.3 is 5.11 Å². The lowest BCUT2D eigenvalue weighted by atomic mass is 9.89. The summed E-state index contributed by atoms with van der Waals surface area (Å²) in [5.74, 6) is -2.02. The van der Waals surface area contributed by atoms with Crippen LogP contribution in [0.15, 0.2) is 20.7 Å². The number of carbonyl (C=O) groups is 1. The first-order valence-electron chi connectivity index (χ1n) is 9.64. The predicted molar refractivity (Wildman–Crippen MR) is 116 cm³/mol. The van der Waals surface area contributed by atoms with Gasteiger partial charge in [0.15, 0.2) is 5.82 Å². The molecule has 164 valence electrons. The van der Waals surface area contributed by atoms with E-state index < -0.39 is 33.7 Å². The molecular formula is C21H24ClF2NO3S2. The minimum atomic E-state index is -2.67. The van der Waals surface area contributed by atoms with Crippen molar-refractivity contribution in [2.24, 2.45) is 4.36 Å². The molecule has 1 aromatic carbocycles. The van der Waals surface area contributed by atoms with Gasteiger partial charge in [0.05, 0.1) is 27.6 Å². The molecule has 2 aromatic rings. The Morgan fingerprint density at radius 3 is 2.50 bits per heavy atom. The molecule has 1 heterocycles. The zero-order chi connectivity index (χ0) is 22.4. The lowest BCUT2D eigenvalue weighted by Gasteiger charge is -2.18. The molecule has 1 amide bonds. The molecule has 0 bridgehead atoms. The van der Waals surface area contributed by atoms with Gasteiger partial charge in [0.1, 0.15) is 10.0 Å². The third kappa shape index (κ3) is 4.93. The molecule has 1 fully saturated rings. The normalized spacial score (nSPS) is 15.8. The standard InChI is InChI=1S/C21H24ClF2NO3S2/c1-10(2)18-13(12(11-5-6-11)7-14(22)19(18)24)8-17(26)25-30(28)20-15(23)9-16(29-20)21(3,4)27/h7,9-11,27,30H,5-6,8H2,1-4H3. The second-order valence-corrected chi connectivity index (χ2v) is 11.3. The summed E-state index contributed by atoms with van der Waals surface area (Å²) in [6.07, 6.45) is 1.65. The number of rotatable bonds is 6. The number of amides is 1. The van der Waals surface area contributed by atoms with Crippen molar-refractivity contribution in [2.75, 3.05) is 0 Å². The van der Waals surface area contributed by atoms with Crippen LogP contribution in [0.1, 0.15) is 73.9 Å². The highest BCUT2D eigenvalue weighted by atomic mass is 35.5. The van der Waals surface area contributed by atoms with Crippen LogP contribution in [0, 0.1) is 11.6 Å².